The maximum atomic E-state index is 12.4. The van der Waals surface area contributed by atoms with Gasteiger partial charge in [-0.1, -0.05) is 12.8 Å². The number of anilines is 2. The third-order valence-electron chi connectivity index (χ3n) is 4.26. The largest absolute Gasteiger partial charge is 0.497 e. The summed E-state index contributed by atoms with van der Waals surface area (Å²) in [6.45, 7) is 0. The minimum Gasteiger partial charge on any atom is -0.497 e. The molecule has 0 radical (unpaired) electrons. The van der Waals surface area contributed by atoms with Crippen LogP contribution < -0.4 is 20.1 Å². The van der Waals surface area contributed by atoms with Gasteiger partial charge in [-0.15, -0.1) is 0 Å². The van der Waals surface area contributed by atoms with Crippen molar-refractivity contribution in [3.8, 4) is 11.5 Å². The second-order valence-corrected chi connectivity index (χ2v) is 5.94. The fourth-order valence-corrected chi connectivity index (χ4v) is 2.88. The first-order valence-corrected chi connectivity index (χ1v) is 8.31. The van der Waals surface area contributed by atoms with Crippen LogP contribution in [0.3, 0.4) is 0 Å². The molecule has 1 aliphatic rings. The van der Waals surface area contributed by atoms with Gasteiger partial charge in [0.05, 0.1) is 25.5 Å². The molecule has 1 heterocycles. The maximum absolute atomic E-state index is 12.4. The van der Waals surface area contributed by atoms with Crippen molar-refractivity contribution in [1.82, 2.24) is 9.97 Å². The normalized spacial score (nSPS) is 14.2. The van der Waals surface area contributed by atoms with Crippen LogP contribution in [-0.2, 0) is 0 Å². The summed E-state index contributed by atoms with van der Waals surface area (Å²) < 4.78 is 10.4. The van der Waals surface area contributed by atoms with Crippen molar-refractivity contribution in [2.24, 2.45) is 0 Å². The number of carbonyl (C=O) groups excluding carboxylic acids is 1. The lowest BCUT2D eigenvalue weighted by molar-refractivity contribution is 0.102. The van der Waals surface area contributed by atoms with Crippen molar-refractivity contribution in [3.05, 3.63) is 36.2 Å². The molecule has 1 fully saturated rings. The first-order chi connectivity index (χ1) is 12.2. The molecule has 0 bridgehead atoms. The topological polar surface area (TPSA) is 85.4 Å². The Kier molecular flexibility index (Phi) is 5.33. The van der Waals surface area contributed by atoms with Crippen LogP contribution in [0.1, 0.15) is 36.0 Å². The number of benzene rings is 1. The Hall–Kier alpha value is -2.83. The molecule has 3 rings (SSSR count). The lowest BCUT2D eigenvalue weighted by Gasteiger charge is -2.13. The Morgan fingerprint density at radius 1 is 1.12 bits per heavy atom. The number of nitrogens with zero attached hydrogens (tertiary/aromatic N) is 2. The fraction of sp³-hybridized carbons (Fsp3) is 0.389. The molecule has 0 unspecified atom stereocenters. The zero-order valence-electron chi connectivity index (χ0n) is 14.4. The Morgan fingerprint density at radius 2 is 1.84 bits per heavy atom. The molecule has 7 nitrogen and oxygen atoms in total. The van der Waals surface area contributed by atoms with Crippen LogP contribution in [0.4, 0.5) is 11.6 Å². The van der Waals surface area contributed by atoms with Crippen molar-refractivity contribution < 1.29 is 14.3 Å². The molecule has 1 aromatic carbocycles. The minimum absolute atomic E-state index is 0.307. The van der Waals surface area contributed by atoms with E-state index in [1.165, 1.54) is 25.2 Å². The number of rotatable bonds is 6. The van der Waals surface area contributed by atoms with Crippen molar-refractivity contribution in [2.75, 3.05) is 24.9 Å². The lowest BCUT2D eigenvalue weighted by Crippen LogP contribution is -2.18. The zero-order chi connectivity index (χ0) is 17.6. The second-order valence-electron chi connectivity index (χ2n) is 5.94. The molecule has 1 aromatic heterocycles. The van der Waals surface area contributed by atoms with Crippen molar-refractivity contribution in [3.63, 3.8) is 0 Å². The van der Waals surface area contributed by atoms with E-state index in [2.05, 4.69) is 20.6 Å². The third kappa shape index (κ3) is 4.17. The summed E-state index contributed by atoms with van der Waals surface area (Å²) in [7, 11) is 3.11. The summed E-state index contributed by atoms with van der Waals surface area (Å²) in [5.74, 6) is 1.43. The van der Waals surface area contributed by atoms with Crippen LogP contribution in [-0.4, -0.2) is 36.1 Å². The van der Waals surface area contributed by atoms with Crippen molar-refractivity contribution >= 4 is 17.5 Å². The molecule has 0 spiro atoms. The molecular formula is C18H22N4O3. The van der Waals surface area contributed by atoms with Gasteiger partial charge in [0.2, 0.25) is 5.95 Å². The Bertz CT molecular complexity index is 728. The zero-order valence-corrected chi connectivity index (χ0v) is 14.4. The fourth-order valence-electron chi connectivity index (χ4n) is 2.88. The van der Waals surface area contributed by atoms with E-state index in [9.17, 15) is 4.79 Å². The van der Waals surface area contributed by atoms with Crippen LogP contribution in [0.15, 0.2) is 30.6 Å². The Morgan fingerprint density at radius 3 is 2.48 bits per heavy atom. The van der Waals surface area contributed by atoms with E-state index in [-0.39, 0.29) is 5.91 Å². The quantitative estimate of drug-likeness (QED) is 0.839. The highest BCUT2D eigenvalue weighted by atomic mass is 16.5. The smallest absolute Gasteiger partial charge is 0.258 e. The van der Waals surface area contributed by atoms with E-state index in [0.29, 0.717) is 34.7 Å². The number of amides is 1. The molecule has 1 aliphatic carbocycles. The van der Waals surface area contributed by atoms with E-state index < -0.39 is 0 Å². The number of carbonyl (C=O) groups is 1. The average Bonchev–Trinajstić information content (AvgIpc) is 3.15. The highest BCUT2D eigenvalue weighted by molar-refractivity contribution is 6.04. The van der Waals surface area contributed by atoms with Crippen molar-refractivity contribution in [2.45, 2.75) is 31.7 Å². The van der Waals surface area contributed by atoms with Crippen LogP contribution in [0, 0.1) is 0 Å². The van der Waals surface area contributed by atoms with Crippen LogP contribution >= 0.6 is 0 Å². The molecule has 132 valence electrons. The number of ether oxygens (including phenoxy) is 2. The second kappa shape index (κ2) is 7.83. The standard InChI is InChI=1S/C18H22N4O3/c1-24-14-7-8-16(25-2)15(9-14)22-17(23)12-10-19-18(20-11-12)21-13-5-3-4-6-13/h7-11,13H,3-6H2,1-2H3,(H,22,23)(H,19,20,21). The van der Waals surface area contributed by atoms with Crippen LogP contribution in [0.5, 0.6) is 11.5 Å². The number of aromatic nitrogens is 2. The summed E-state index contributed by atoms with van der Waals surface area (Å²) in [6.07, 6.45) is 7.79. The van der Waals surface area contributed by atoms with Gasteiger partial charge >= 0.3 is 0 Å². The molecule has 2 N–H and O–H groups in total. The number of hydrogen-bond acceptors (Lipinski definition) is 6. The molecule has 0 atom stereocenters. The van der Waals surface area contributed by atoms with Gasteiger partial charge in [0.25, 0.3) is 5.91 Å². The van der Waals surface area contributed by atoms with E-state index in [1.807, 2.05) is 0 Å². The van der Waals surface area contributed by atoms with Gasteiger partial charge in [-0.2, -0.15) is 0 Å². The Labute approximate surface area is 146 Å². The SMILES string of the molecule is COc1ccc(OC)c(NC(=O)c2cnc(NC3CCCC3)nc2)c1. The van der Waals surface area contributed by atoms with Crippen LogP contribution in [0.2, 0.25) is 0 Å². The molecule has 0 aliphatic heterocycles. The van der Waals surface area contributed by atoms with E-state index in [4.69, 9.17) is 9.47 Å². The van der Waals surface area contributed by atoms with Gasteiger partial charge in [0, 0.05) is 24.5 Å². The summed E-state index contributed by atoms with van der Waals surface area (Å²) in [6, 6.07) is 5.63. The van der Waals surface area contributed by atoms with Gasteiger partial charge in [-0.3, -0.25) is 4.79 Å². The van der Waals surface area contributed by atoms with E-state index >= 15 is 0 Å². The van der Waals surface area contributed by atoms with Gasteiger partial charge in [-0.05, 0) is 25.0 Å². The summed E-state index contributed by atoms with van der Waals surface area (Å²) in [4.78, 5) is 20.9. The van der Waals surface area contributed by atoms with E-state index in [1.54, 1.807) is 32.4 Å². The first kappa shape index (κ1) is 17.0. The maximum Gasteiger partial charge on any atom is 0.258 e. The molecule has 0 saturated heterocycles. The predicted octanol–water partition coefficient (Wildman–Crippen LogP) is 3.10. The van der Waals surface area contributed by atoms with Gasteiger partial charge in [0.1, 0.15) is 11.5 Å². The third-order valence-corrected chi connectivity index (χ3v) is 4.26. The number of nitrogens with one attached hydrogen (secondary N) is 2. The predicted molar refractivity (Wildman–Crippen MR) is 95.4 cm³/mol. The molecular weight excluding hydrogens is 320 g/mol. The summed E-state index contributed by atoms with van der Waals surface area (Å²) in [5.41, 5.74) is 0.904. The first-order valence-electron chi connectivity index (χ1n) is 8.31. The molecule has 7 heteroatoms. The molecule has 1 saturated carbocycles. The molecule has 2 aromatic rings. The molecule has 25 heavy (non-hydrogen) atoms. The Balaban J connectivity index is 1.68. The summed E-state index contributed by atoms with van der Waals surface area (Å²) in [5, 5.41) is 6.10. The molecule has 1 amide bonds. The number of methoxy groups -OCH3 is 2. The van der Waals surface area contributed by atoms with Crippen LogP contribution in [0.25, 0.3) is 0 Å². The van der Waals surface area contributed by atoms with Gasteiger partial charge in [0.15, 0.2) is 0 Å². The highest BCUT2D eigenvalue weighted by Gasteiger charge is 2.16. The highest BCUT2D eigenvalue weighted by Crippen LogP contribution is 2.29. The minimum atomic E-state index is -0.307. The monoisotopic (exact) mass is 342 g/mol. The van der Waals surface area contributed by atoms with Crippen molar-refractivity contribution in [1.29, 1.82) is 0 Å². The summed E-state index contributed by atoms with van der Waals surface area (Å²) >= 11 is 0. The van der Waals surface area contributed by atoms with Gasteiger partial charge < -0.3 is 20.1 Å². The van der Waals surface area contributed by atoms with Gasteiger partial charge in [-0.25, -0.2) is 9.97 Å². The lowest BCUT2D eigenvalue weighted by atomic mass is 10.2. The average molecular weight is 342 g/mol. The van der Waals surface area contributed by atoms with E-state index in [0.717, 1.165) is 12.8 Å². The number of hydrogen-bond donors (Lipinski definition) is 2.